The molecule has 0 heterocycles. The molecule has 1 aromatic rings. The van der Waals surface area contributed by atoms with Crippen LogP contribution in [0.5, 0.6) is 0 Å². The summed E-state index contributed by atoms with van der Waals surface area (Å²) in [5.74, 6) is 0. The molecule has 0 aliphatic heterocycles. The molecule has 1 aromatic carbocycles. The van der Waals surface area contributed by atoms with E-state index in [-0.39, 0.29) is 0 Å². The van der Waals surface area contributed by atoms with Crippen LogP contribution in [-0.2, 0) is 0 Å². The number of hydrogen-bond acceptors (Lipinski definition) is 1. The van der Waals surface area contributed by atoms with Crippen molar-refractivity contribution in [3.05, 3.63) is 26.7 Å². The number of halogens is 2. The molecule has 0 spiro atoms. The Kier molecular flexibility index (Phi) is 2.45. The molecule has 1 nitrogen and oxygen atoms in total. The molecule has 0 saturated carbocycles. The monoisotopic (exact) mass is 233 g/mol. The minimum absolute atomic E-state index is 0.753. The maximum absolute atomic E-state index is 5.91. The summed E-state index contributed by atoms with van der Waals surface area (Å²) >= 11 is 9.28. The van der Waals surface area contributed by atoms with Crippen molar-refractivity contribution in [1.82, 2.24) is 0 Å². The van der Waals surface area contributed by atoms with E-state index in [2.05, 4.69) is 15.9 Å². The number of hydrogen-bond donors (Lipinski definition) is 1. The summed E-state index contributed by atoms with van der Waals surface area (Å²) < 4.78 is 0.905. The molecule has 60 valence electrons. The highest BCUT2D eigenvalue weighted by Gasteiger charge is 2.06. The SMILES string of the molecule is Cc1cc(Cl)c(C)c(Br)c1N. The van der Waals surface area contributed by atoms with Crippen molar-refractivity contribution < 1.29 is 0 Å². The quantitative estimate of drug-likeness (QED) is 0.685. The van der Waals surface area contributed by atoms with Crippen molar-refractivity contribution in [3.63, 3.8) is 0 Å². The molecule has 0 saturated heterocycles. The second-order valence-electron chi connectivity index (χ2n) is 2.53. The van der Waals surface area contributed by atoms with Crippen LogP contribution in [0.1, 0.15) is 11.1 Å². The third kappa shape index (κ3) is 1.52. The molecule has 0 amide bonds. The highest BCUT2D eigenvalue weighted by molar-refractivity contribution is 9.10. The molecule has 3 heteroatoms. The van der Waals surface area contributed by atoms with E-state index in [0.717, 1.165) is 26.3 Å². The van der Waals surface area contributed by atoms with Crippen LogP contribution in [0, 0.1) is 13.8 Å². The van der Waals surface area contributed by atoms with Gasteiger partial charge < -0.3 is 5.73 Å². The number of benzene rings is 1. The van der Waals surface area contributed by atoms with E-state index < -0.39 is 0 Å². The maximum atomic E-state index is 5.91. The first kappa shape index (κ1) is 8.88. The maximum Gasteiger partial charge on any atom is 0.0491 e. The fraction of sp³-hybridized carbons (Fsp3) is 0.250. The Hall–Kier alpha value is -0.210. The smallest absolute Gasteiger partial charge is 0.0491 e. The predicted molar refractivity (Wildman–Crippen MR) is 53.0 cm³/mol. The van der Waals surface area contributed by atoms with Crippen LogP contribution in [0.25, 0.3) is 0 Å². The third-order valence-corrected chi connectivity index (χ3v) is 3.11. The van der Waals surface area contributed by atoms with Crippen molar-refractivity contribution in [1.29, 1.82) is 0 Å². The van der Waals surface area contributed by atoms with Gasteiger partial charge in [-0.25, -0.2) is 0 Å². The van der Waals surface area contributed by atoms with Gasteiger partial charge in [-0.3, -0.25) is 0 Å². The molecule has 0 atom stereocenters. The van der Waals surface area contributed by atoms with Crippen LogP contribution in [0.4, 0.5) is 5.69 Å². The highest BCUT2D eigenvalue weighted by Crippen LogP contribution is 2.31. The normalized spacial score (nSPS) is 10.2. The first-order valence-electron chi connectivity index (χ1n) is 3.24. The second kappa shape index (κ2) is 3.03. The molecule has 1 rings (SSSR count). The Morgan fingerprint density at radius 3 is 2.55 bits per heavy atom. The molecule has 0 unspecified atom stereocenters. The second-order valence-corrected chi connectivity index (χ2v) is 3.73. The number of aryl methyl sites for hydroxylation is 1. The minimum atomic E-state index is 0.753. The third-order valence-electron chi connectivity index (χ3n) is 1.69. The Labute approximate surface area is 79.7 Å². The number of rotatable bonds is 0. The van der Waals surface area contributed by atoms with Crippen LogP contribution < -0.4 is 5.73 Å². The Balaban J connectivity index is 3.46. The zero-order valence-corrected chi connectivity index (χ0v) is 8.75. The fourth-order valence-electron chi connectivity index (χ4n) is 0.856. The molecule has 0 aliphatic carbocycles. The number of nitrogen functional groups attached to an aromatic ring is 1. The van der Waals surface area contributed by atoms with Crippen molar-refractivity contribution in [2.75, 3.05) is 5.73 Å². The van der Waals surface area contributed by atoms with Crippen LogP contribution >= 0.6 is 27.5 Å². The van der Waals surface area contributed by atoms with Crippen LogP contribution in [-0.4, -0.2) is 0 Å². The van der Waals surface area contributed by atoms with Gasteiger partial charge in [0.15, 0.2) is 0 Å². The minimum Gasteiger partial charge on any atom is -0.398 e. The fourth-order valence-corrected chi connectivity index (χ4v) is 1.75. The van der Waals surface area contributed by atoms with Crippen LogP contribution in [0.2, 0.25) is 5.02 Å². The van der Waals surface area contributed by atoms with Crippen molar-refractivity contribution >= 4 is 33.2 Å². The van der Waals surface area contributed by atoms with Gasteiger partial charge in [-0.05, 0) is 47.0 Å². The van der Waals surface area contributed by atoms with Crippen molar-refractivity contribution in [3.8, 4) is 0 Å². The highest BCUT2D eigenvalue weighted by atomic mass is 79.9. The van der Waals surface area contributed by atoms with Gasteiger partial charge in [0.05, 0.1) is 0 Å². The number of anilines is 1. The topological polar surface area (TPSA) is 26.0 Å². The largest absolute Gasteiger partial charge is 0.398 e. The van der Waals surface area contributed by atoms with Gasteiger partial charge in [-0.1, -0.05) is 11.6 Å². The number of nitrogens with two attached hydrogens (primary N) is 1. The summed E-state index contributed by atoms with van der Waals surface area (Å²) in [6, 6.07) is 1.87. The molecule has 0 radical (unpaired) electrons. The van der Waals surface area contributed by atoms with Gasteiger partial charge in [0.1, 0.15) is 0 Å². The van der Waals surface area contributed by atoms with Gasteiger partial charge >= 0.3 is 0 Å². The zero-order valence-electron chi connectivity index (χ0n) is 6.41. The first-order valence-corrected chi connectivity index (χ1v) is 4.41. The lowest BCUT2D eigenvalue weighted by molar-refractivity contribution is 1.37. The molecular formula is C8H9BrClN. The summed E-state index contributed by atoms with van der Waals surface area (Å²) in [5, 5.41) is 0.753. The Morgan fingerprint density at radius 2 is 2.00 bits per heavy atom. The van der Waals surface area contributed by atoms with Gasteiger partial charge in [-0.15, -0.1) is 0 Å². The van der Waals surface area contributed by atoms with E-state index in [4.69, 9.17) is 17.3 Å². The van der Waals surface area contributed by atoms with E-state index in [1.54, 1.807) is 0 Å². The lowest BCUT2D eigenvalue weighted by atomic mass is 10.1. The van der Waals surface area contributed by atoms with Gasteiger partial charge in [0, 0.05) is 15.2 Å². The summed E-state index contributed by atoms with van der Waals surface area (Å²) in [6.45, 7) is 3.87. The average molecular weight is 235 g/mol. The molecule has 0 bridgehead atoms. The molecule has 0 aliphatic rings. The van der Waals surface area contributed by atoms with E-state index >= 15 is 0 Å². The van der Waals surface area contributed by atoms with E-state index in [9.17, 15) is 0 Å². The Bertz CT molecular complexity index is 270. The molecule has 2 N–H and O–H groups in total. The average Bonchev–Trinajstić information content (AvgIpc) is 1.97. The van der Waals surface area contributed by atoms with Gasteiger partial charge in [0.2, 0.25) is 0 Å². The summed E-state index contributed by atoms with van der Waals surface area (Å²) in [7, 11) is 0. The predicted octanol–water partition coefficient (Wildman–Crippen LogP) is 3.30. The zero-order chi connectivity index (χ0) is 8.59. The molecule has 0 fully saturated rings. The van der Waals surface area contributed by atoms with E-state index in [1.165, 1.54) is 0 Å². The summed E-state index contributed by atoms with van der Waals surface area (Å²) in [6.07, 6.45) is 0. The van der Waals surface area contributed by atoms with Crippen LogP contribution in [0.3, 0.4) is 0 Å². The van der Waals surface area contributed by atoms with Gasteiger partial charge in [-0.2, -0.15) is 0 Å². The first-order chi connectivity index (χ1) is 5.04. The molecule has 11 heavy (non-hydrogen) atoms. The standard InChI is InChI=1S/C8H9BrClN/c1-4-3-6(10)5(2)7(9)8(4)11/h3H,11H2,1-2H3. The molecule has 0 aromatic heterocycles. The lowest BCUT2D eigenvalue weighted by Gasteiger charge is -2.07. The Morgan fingerprint density at radius 1 is 1.45 bits per heavy atom. The summed E-state index contributed by atoms with van der Waals surface area (Å²) in [5.41, 5.74) is 8.52. The van der Waals surface area contributed by atoms with Crippen LogP contribution in [0.15, 0.2) is 10.5 Å². The molecular weight excluding hydrogens is 225 g/mol. The lowest BCUT2D eigenvalue weighted by Crippen LogP contribution is -1.93. The van der Waals surface area contributed by atoms with Crippen molar-refractivity contribution in [2.24, 2.45) is 0 Å². The van der Waals surface area contributed by atoms with Gasteiger partial charge in [0.25, 0.3) is 0 Å². The van der Waals surface area contributed by atoms with E-state index in [1.807, 2.05) is 19.9 Å². The summed E-state index contributed by atoms with van der Waals surface area (Å²) in [4.78, 5) is 0. The van der Waals surface area contributed by atoms with E-state index in [0.29, 0.717) is 0 Å². The van der Waals surface area contributed by atoms with Crippen molar-refractivity contribution in [2.45, 2.75) is 13.8 Å².